The first-order valence-electron chi connectivity index (χ1n) is 6.89. The number of nitrogens with one attached hydrogen (secondary N) is 1. The second kappa shape index (κ2) is 6.32. The first-order valence-corrected chi connectivity index (χ1v) is 7.27. The van der Waals surface area contributed by atoms with E-state index >= 15 is 0 Å². The molecular formula is C15H11ClFN5O2. The van der Waals surface area contributed by atoms with Crippen LogP contribution in [0.1, 0.15) is 33.5 Å². The van der Waals surface area contributed by atoms with Gasteiger partial charge in [0.25, 0.3) is 11.7 Å². The summed E-state index contributed by atoms with van der Waals surface area (Å²) in [6.07, 6.45) is 1.25. The van der Waals surface area contributed by atoms with Gasteiger partial charge in [-0.05, 0) is 23.8 Å². The molecule has 0 spiro atoms. The van der Waals surface area contributed by atoms with Crippen LogP contribution in [0.3, 0.4) is 0 Å². The van der Waals surface area contributed by atoms with Crippen molar-refractivity contribution in [2.45, 2.75) is 13.5 Å². The van der Waals surface area contributed by atoms with Crippen molar-refractivity contribution in [3.05, 3.63) is 58.4 Å². The number of fused-ring (bicyclic) bond motifs is 1. The van der Waals surface area contributed by atoms with Crippen LogP contribution in [0.2, 0.25) is 5.02 Å². The summed E-state index contributed by atoms with van der Waals surface area (Å²) in [5.41, 5.74) is 0.867. The smallest absolute Gasteiger partial charge is 0.270 e. The summed E-state index contributed by atoms with van der Waals surface area (Å²) in [5, 5.41) is 6.50. The Morgan fingerprint density at radius 2 is 2.12 bits per heavy atom. The number of hydrogen-bond donors (Lipinski definition) is 1. The zero-order valence-electron chi connectivity index (χ0n) is 12.5. The molecule has 2 aromatic heterocycles. The van der Waals surface area contributed by atoms with E-state index in [2.05, 4.69) is 20.4 Å². The molecule has 0 aliphatic carbocycles. The number of carbonyl (C=O) groups is 2. The number of carbonyl (C=O) groups excluding carboxylic acids is 2. The molecule has 3 aromatic rings. The number of Topliss-reactive ketones (excluding diaryl/α,β-unsaturated/α-hetero) is 1. The number of hydrogen-bond acceptors (Lipinski definition) is 5. The first kappa shape index (κ1) is 16.0. The predicted octanol–water partition coefficient (Wildman–Crippen LogP) is 2.05. The molecule has 0 saturated heterocycles. The highest BCUT2D eigenvalue weighted by Gasteiger charge is 2.15. The third-order valence-electron chi connectivity index (χ3n) is 3.28. The van der Waals surface area contributed by atoms with Gasteiger partial charge in [-0.2, -0.15) is 14.6 Å². The van der Waals surface area contributed by atoms with Crippen molar-refractivity contribution in [3.63, 3.8) is 0 Å². The lowest BCUT2D eigenvalue weighted by Gasteiger charge is -2.07. The van der Waals surface area contributed by atoms with Gasteiger partial charge in [0.15, 0.2) is 5.78 Å². The average molecular weight is 348 g/mol. The van der Waals surface area contributed by atoms with E-state index < -0.39 is 11.7 Å². The molecule has 24 heavy (non-hydrogen) atoms. The van der Waals surface area contributed by atoms with Gasteiger partial charge >= 0.3 is 0 Å². The fourth-order valence-corrected chi connectivity index (χ4v) is 2.30. The van der Waals surface area contributed by atoms with Crippen LogP contribution in [0, 0.1) is 5.82 Å². The minimum absolute atomic E-state index is 0.0244. The molecule has 7 nitrogen and oxygen atoms in total. The summed E-state index contributed by atoms with van der Waals surface area (Å²) in [4.78, 5) is 31.9. The molecule has 3 rings (SSSR count). The number of amides is 1. The highest BCUT2D eigenvalue weighted by atomic mass is 35.5. The van der Waals surface area contributed by atoms with Gasteiger partial charge in [-0.3, -0.25) is 9.59 Å². The van der Waals surface area contributed by atoms with Crippen molar-refractivity contribution in [3.8, 4) is 0 Å². The maximum atomic E-state index is 13.1. The summed E-state index contributed by atoms with van der Waals surface area (Å²) < 4.78 is 14.4. The molecule has 1 N–H and O–H groups in total. The fraction of sp³-hybridized carbons (Fsp3) is 0.133. The Bertz CT molecular complexity index is 956. The summed E-state index contributed by atoms with van der Waals surface area (Å²) >= 11 is 5.70. The van der Waals surface area contributed by atoms with Gasteiger partial charge in [0.1, 0.15) is 23.5 Å². The molecule has 0 aliphatic rings. The van der Waals surface area contributed by atoms with Crippen LogP contribution in [0.4, 0.5) is 4.39 Å². The third-order valence-corrected chi connectivity index (χ3v) is 3.57. The van der Waals surface area contributed by atoms with Crippen LogP contribution in [-0.2, 0) is 6.54 Å². The fourth-order valence-electron chi connectivity index (χ4n) is 2.10. The molecule has 0 unspecified atom stereocenters. The lowest BCUT2D eigenvalue weighted by atomic mass is 10.2. The van der Waals surface area contributed by atoms with Crippen LogP contribution in [0.5, 0.6) is 0 Å². The number of aromatic nitrogens is 4. The zero-order valence-corrected chi connectivity index (χ0v) is 13.2. The molecule has 0 saturated carbocycles. The van der Waals surface area contributed by atoms with Crippen molar-refractivity contribution in [2.75, 3.05) is 0 Å². The quantitative estimate of drug-likeness (QED) is 0.729. The van der Waals surface area contributed by atoms with E-state index in [9.17, 15) is 14.0 Å². The number of ketones is 1. The minimum Gasteiger partial charge on any atom is -0.347 e. The molecule has 0 radical (unpaired) electrons. The Hall–Kier alpha value is -2.87. The lowest BCUT2D eigenvalue weighted by Crippen LogP contribution is -2.25. The third kappa shape index (κ3) is 3.09. The highest BCUT2D eigenvalue weighted by Crippen LogP contribution is 2.16. The molecule has 1 aromatic carbocycles. The van der Waals surface area contributed by atoms with Gasteiger partial charge in [0.05, 0.1) is 5.02 Å². The Morgan fingerprint density at radius 3 is 2.83 bits per heavy atom. The Balaban J connectivity index is 1.83. The van der Waals surface area contributed by atoms with Gasteiger partial charge in [-0.1, -0.05) is 17.7 Å². The SMILES string of the molecule is CC(=O)c1cc(C(=O)NCc2ccc(F)c(Cl)c2)nc2ncnn12. The van der Waals surface area contributed by atoms with Gasteiger partial charge in [-0.15, -0.1) is 0 Å². The zero-order chi connectivity index (χ0) is 17.3. The van der Waals surface area contributed by atoms with E-state index in [4.69, 9.17) is 11.6 Å². The molecule has 1 amide bonds. The van der Waals surface area contributed by atoms with Crippen LogP contribution >= 0.6 is 11.6 Å². The molecule has 0 atom stereocenters. The van der Waals surface area contributed by atoms with E-state index in [0.29, 0.717) is 5.56 Å². The van der Waals surface area contributed by atoms with Crippen LogP contribution < -0.4 is 5.32 Å². The van der Waals surface area contributed by atoms with E-state index in [1.54, 1.807) is 0 Å². The van der Waals surface area contributed by atoms with Crippen molar-refractivity contribution >= 4 is 29.1 Å². The number of halogens is 2. The normalized spacial score (nSPS) is 10.8. The molecule has 0 aliphatic heterocycles. The average Bonchev–Trinajstić information content (AvgIpc) is 3.03. The van der Waals surface area contributed by atoms with E-state index in [1.807, 2.05) is 0 Å². The molecule has 0 fully saturated rings. The minimum atomic E-state index is -0.531. The van der Waals surface area contributed by atoms with E-state index in [0.717, 1.165) is 0 Å². The van der Waals surface area contributed by atoms with Crippen LogP contribution in [0.15, 0.2) is 30.6 Å². The highest BCUT2D eigenvalue weighted by molar-refractivity contribution is 6.30. The largest absolute Gasteiger partial charge is 0.347 e. The van der Waals surface area contributed by atoms with Crippen molar-refractivity contribution in [2.24, 2.45) is 0 Å². The standard InChI is InChI=1S/C15H11ClFN5O2/c1-8(23)13-5-12(21-15-19-7-20-22(13)15)14(24)18-6-9-2-3-11(17)10(16)4-9/h2-5,7H,6H2,1H3,(H,18,24). The molecular weight excluding hydrogens is 337 g/mol. The first-order chi connectivity index (χ1) is 11.5. The van der Waals surface area contributed by atoms with Crippen LogP contribution in [0.25, 0.3) is 5.78 Å². The Kier molecular flexibility index (Phi) is 4.22. The van der Waals surface area contributed by atoms with Crippen LogP contribution in [-0.4, -0.2) is 31.3 Å². The molecule has 0 bridgehead atoms. The van der Waals surface area contributed by atoms with Gasteiger partial charge in [0.2, 0.25) is 0 Å². The topological polar surface area (TPSA) is 89.2 Å². The summed E-state index contributed by atoms with van der Waals surface area (Å²) in [6.45, 7) is 1.49. The molecule has 9 heteroatoms. The molecule has 122 valence electrons. The maximum Gasteiger partial charge on any atom is 0.270 e. The number of nitrogens with zero attached hydrogens (tertiary/aromatic N) is 4. The summed E-state index contributed by atoms with van der Waals surface area (Å²) in [6, 6.07) is 5.50. The second-order valence-electron chi connectivity index (χ2n) is 4.99. The van der Waals surface area contributed by atoms with Crippen molar-refractivity contribution in [1.29, 1.82) is 0 Å². The van der Waals surface area contributed by atoms with Crippen molar-refractivity contribution in [1.82, 2.24) is 24.9 Å². The Morgan fingerprint density at radius 1 is 1.33 bits per heavy atom. The van der Waals surface area contributed by atoms with E-state index in [-0.39, 0.29) is 34.5 Å². The summed E-state index contributed by atoms with van der Waals surface area (Å²) in [5.74, 6) is -1.15. The van der Waals surface area contributed by atoms with Gasteiger partial charge < -0.3 is 5.32 Å². The maximum absolute atomic E-state index is 13.1. The van der Waals surface area contributed by atoms with Crippen molar-refractivity contribution < 1.29 is 14.0 Å². The summed E-state index contributed by atoms with van der Waals surface area (Å²) in [7, 11) is 0. The number of rotatable bonds is 4. The predicted molar refractivity (Wildman–Crippen MR) is 83.4 cm³/mol. The number of benzene rings is 1. The monoisotopic (exact) mass is 347 g/mol. The second-order valence-corrected chi connectivity index (χ2v) is 5.39. The van der Waals surface area contributed by atoms with Gasteiger partial charge in [0, 0.05) is 13.5 Å². The van der Waals surface area contributed by atoms with E-state index in [1.165, 1.54) is 42.0 Å². The Labute approximate surface area is 140 Å². The van der Waals surface area contributed by atoms with Gasteiger partial charge in [-0.25, -0.2) is 9.37 Å². The lowest BCUT2D eigenvalue weighted by molar-refractivity contribution is 0.0946. The molecule has 2 heterocycles.